The summed E-state index contributed by atoms with van der Waals surface area (Å²) in [7, 11) is 1.61. The van der Waals surface area contributed by atoms with E-state index in [1.165, 1.54) is 0 Å². The molecule has 0 unspecified atom stereocenters. The Morgan fingerprint density at radius 2 is 1.60 bits per heavy atom. The molecular weight excluding hydrogens is 252 g/mol. The molecule has 0 aliphatic heterocycles. The van der Waals surface area contributed by atoms with Gasteiger partial charge < -0.3 is 14.9 Å². The molecule has 0 spiro atoms. The van der Waals surface area contributed by atoms with E-state index in [1.54, 1.807) is 25.3 Å². The highest BCUT2D eigenvalue weighted by Crippen LogP contribution is 2.51. The molecule has 4 rings (SSSR count). The van der Waals surface area contributed by atoms with Crippen molar-refractivity contribution in [3.05, 3.63) is 42.5 Å². The van der Waals surface area contributed by atoms with Gasteiger partial charge in [0.15, 0.2) is 0 Å². The summed E-state index contributed by atoms with van der Waals surface area (Å²) in [5.41, 5.74) is 4.09. The van der Waals surface area contributed by atoms with Crippen molar-refractivity contribution in [2.45, 2.75) is 0 Å². The van der Waals surface area contributed by atoms with E-state index in [9.17, 15) is 10.2 Å². The van der Waals surface area contributed by atoms with Gasteiger partial charge in [-0.2, -0.15) is 0 Å². The van der Waals surface area contributed by atoms with E-state index in [0.29, 0.717) is 5.75 Å². The normalized spacial score (nSPS) is 11.7. The van der Waals surface area contributed by atoms with Crippen molar-refractivity contribution in [2.75, 3.05) is 7.11 Å². The zero-order valence-electron chi connectivity index (χ0n) is 10.8. The van der Waals surface area contributed by atoms with Crippen LogP contribution in [0.3, 0.4) is 0 Å². The summed E-state index contributed by atoms with van der Waals surface area (Å²) in [6.07, 6.45) is 0. The lowest BCUT2D eigenvalue weighted by Gasteiger charge is -2.07. The summed E-state index contributed by atoms with van der Waals surface area (Å²) >= 11 is 0. The van der Waals surface area contributed by atoms with Gasteiger partial charge in [0.2, 0.25) is 0 Å². The molecule has 0 saturated carbocycles. The molecule has 0 aromatic heterocycles. The lowest BCUT2D eigenvalue weighted by molar-refractivity contribution is 0.415. The van der Waals surface area contributed by atoms with Crippen molar-refractivity contribution in [1.82, 2.24) is 0 Å². The Morgan fingerprint density at radius 1 is 0.800 bits per heavy atom. The van der Waals surface area contributed by atoms with E-state index in [0.717, 1.165) is 33.0 Å². The maximum atomic E-state index is 10.1. The molecule has 0 bridgehead atoms. The van der Waals surface area contributed by atoms with Crippen LogP contribution >= 0.6 is 0 Å². The number of phenolic OH excluding ortho intramolecular Hbond substituents is 2. The Morgan fingerprint density at radius 3 is 2.40 bits per heavy atom. The van der Waals surface area contributed by atoms with Gasteiger partial charge in [0.1, 0.15) is 17.2 Å². The lowest BCUT2D eigenvalue weighted by atomic mass is 10.0. The molecular formula is C17H12O3. The van der Waals surface area contributed by atoms with Gasteiger partial charge in [0.25, 0.3) is 0 Å². The molecule has 0 atom stereocenters. The van der Waals surface area contributed by atoms with Crippen molar-refractivity contribution < 1.29 is 14.9 Å². The fraction of sp³-hybridized carbons (Fsp3) is 0.0588. The monoisotopic (exact) mass is 264 g/mol. The second kappa shape index (κ2) is 3.67. The number of ether oxygens (including phenoxy) is 1. The van der Waals surface area contributed by atoms with Crippen LogP contribution in [0.4, 0.5) is 0 Å². The van der Waals surface area contributed by atoms with Gasteiger partial charge in [-0.3, -0.25) is 0 Å². The first-order valence-corrected chi connectivity index (χ1v) is 6.36. The van der Waals surface area contributed by atoms with E-state index in [-0.39, 0.29) is 11.5 Å². The largest absolute Gasteiger partial charge is 0.508 e. The van der Waals surface area contributed by atoms with Crippen molar-refractivity contribution >= 4 is 10.8 Å². The van der Waals surface area contributed by atoms with Gasteiger partial charge in [-0.25, -0.2) is 0 Å². The molecule has 0 radical (unpaired) electrons. The van der Waals surface area contributed by atoms with Crippen molar-refractivity contribution in [3.8, 4) is 39.5 Å². The van der Waals surface area contributed by atoms with Gasteiger partial charge >= 0.3 is 0 Å². The third-order valence-corrected chi connectivity index (χ3v) is 3.88. The van der Waals surface area contributed by atoms with E-state index in [2.05, 4.69) is 0 Å². The molecule has 3 aromatic rings. The van der Waals surface area contributed by atoms with E-state index < -0.39 is 0 Å². The second-order valence-corrected chi connectivity index (χ2v) is 4.96. The predicted molar refractivity (Wildman–Crippen MR) is 78.3 cm³/mol. The van der Waals surface area contributed by atoms with Crippen LogP contribution in [0.5, 0.6) is 17.2 Å². The zero-order valence-corrected chi connectivity index (χ0v) is 10.8. The van der Waals surface area contributed by atoms with Gasteiger partial charge in [0.05, 0.1) is 7.11 Å². The first kappa shape index (κ1) is 11.2. The van der Waals surface area contributed by atoms with E-state index in [1.807, 2.05) is 24.3 Å². The van der Waals surface area contributed by atoms with Crippen LogP contribution in [0.25, 0.3) is 33.0 Å². The number of fused-ring (bicyclic) bond motifs is 3. The molecule has 2 N–H and O–H groups in total. The third-order valence-electron chi connectivity index (χ3n) is 3.88. The van der Waals surface area contributed by atoms with Crippen LogP contribution in [0.2, 0.25) is 0 Å². The maximum absolute atomic E-state index is 10.1. The van der Waals surface area contributed by atoms with Crippen molar-refractivity contribution in [1.29, 1.82) is 0 Å². The first-order valence-electron chi connectivity index (χ1n) is 6.36. The van der Waals surface area contributed by atoms with Crippen LogP contribution < -0.4 is 4.74 Å². The van der Waals surface area contributed by atoms with E-state index in [4.69, 9.17) is 4.74 Å². The van der Waals surface area contributed by atoms with Crippen LogP contribution in [-0.4, -0.2) is 17.3 Å². The minimum atomic E-state index is 0.237. The van der Waals surface area contributed by atoms with Crippen LogP contribution in [0.1, 0.15) is 0 Å². The van der Waals surface area contributed by atoms with Crippen molar-refractivity contribution in [3.63, 3.8) is 0 Å². The number of hydrogen-bond donors (Lipinski definition) is 2. The summed E-state index contributed by atoms with van der Waals surface area (Å²) in [4.78, 5) is 0. The summed E-state index contributed by atoms with van der Waals surface area (Å²) in [6, 6.07) is 12.7. The topological polar surface area (TPSA) is 49.7 Å². The molecule has 3 nitrogen and oxygen atoms in total. The summed E-state index contributed by atoms with van der Waals surface area (Å²) in [5.74, 6) is 1.19. The number of phenols is 2. The first-order chi connectivity index (χ1) is 9.69. The average molecular weight is 264 g/mol. The Labute approximate surface area is 115 Å². The molecule has 0 amide bonds. The summed E-state index contributed by atoms with van der Waals surface area (Å²) in [6.45, 7) is 0. The van der Waals surface area contributed by atoms with Crippen molar-refractivity contribution in [2.24, 2.45) is 0 Å². The van der Waals surface area contributed by atoms with Crippen LogP contribution in [0.15, 0.2) is 42.5 Å². The van der Waals surface area contributed by atoms with Gasteiger partial charge in [0, 0.05) is 10.8 Å². The SMILES string of the molecule is COc1cc2c3c(ccc(O)c3c1)-c1cc(O)ccc1-2. The summed E-state index contributed by atoms with van der Waals surface area (Å²) < 4.78 is 5.32. The standard InChI is InChI=1S/C17H12O3/c1-20-10-7-14-11-3-2-9(18)6-13(11)12-4-5-16(19)15(8-10)17(12)14/h2-8,18-19H,1H3. The number of aromatic hydroxyl groups is 2. The van der Waals surface area contributed by atoms with Gasteiger partial charge in [-0.15, -0.1) is 0 Å². The highest BCUT2D eigenvalue weighted by Gasteiger charge is 2.23. The molecule has 0 fully saturated rings. The number of hydrogen-bond acceptors (Lipinski definition) is 3. The predicted octanol–water partition coefficient (Wildman–Crippen LogP) is 3.91. The molecule has 0 heterocycles. The zero-order chi connectivity index (χ0) is 13.9. The maximum Gasteiger partial charge on any atom is 0.123 e. The number of rotatable bonds is 1. The van der Waals surface area contributed by atoms with Gasteiger partial charge in [-0.05, 0) is 52.6 Å². The third kappa shape index (κ3) is 1.29. The van der Waals surface area contributed by atoms with Crippen LogP contribution in [0, 0.1) is 0 Å². The Hall–Kier alpha value is -2.68. The average Bonchev–Trinajstić information content (AvgIpc) is 2.77. The fourth-order valence-electron chi connectivity index (χ4n) is 2.99. The number of benzene rings is 3. The molecule has 1 aliphatic carbocycles. The molecule has 0 saturated heterocycles. The molecule has 98 valence electrons. The molecule has 3 aromatic carbocycles. The van der Waals surface area contributed by atoms with E-state index >= 15 is 0 Å². The minimum Gasteiger partial charge on any atom is -0.508 e. The highest BCUT2D eigenvalue weighted by atomic mass is 16.5. The molecule has 1 aliphatic rings. The Kier molecular flexibility index (Phi) is 2.05. The fourth-order valence-corrected chi connectivity index (χ4v) is 2.99. The smallest absolute Gasteiger partial charge is 0.123 e. The highest BCUT2D eigenvalue weighted by molar-refractivity contribution is 6.17. The molecule has 3 heteroatoms. The summed E-state index contributed by atoms with van der Waals surface area (Å²) in [5, 5.41) is 21.6. The Balaban J connectivity index is 2.21. The molecule has 20 heavy (non-hydrogen) atoms. The van der Waals surface area contributed by atoms with Gasteiger partial charge in [-0.1, -0.05) is 12.1 Å². The minimum absolute atomic E-state index is 0.237. The number of methoxy groups -OCH3 is 1. The quantitative estimate of drug-likeness (QED) is 0.548. The Bertz CT molecular complexity index is 866. The van der Waals surface area contributed by atoms with Crippen LogP contribution in [-0.2, 0) is 0 Å². The lowest BCUT2D eigenvalue weighted by Crippen LogP contribution is -1.84. The second-order valence-electron chi connectivity index (χ2n) is 4.96.